The number of hydrogen-bond acceptors (Lipinski definition) is 6. The molecule has 7 heteroatoms. The third kappa shape index (κ3) is 3.80. The Balaban J connectivity index is 2.33. The number of carbonyl (C=O) groups excluding carboxylic acids is 2. The second kappa shape index (κ2) is 7.86. The van der Waals surface area contributed by atoms with E-state index >= 15 is 0 Å². The molecular formula is C22H26BrNO5. The highest BCUT2D eigenvalue weighted by atomic mass is 79.9. The van der Waals surface area contributed by atoms with E-state index in [-0.39, 0.29) is 11.2 Å². The molecule has 0 bridgehead atoms. The molecule has 1 aliphatic heterocycles. The van der Waals surface area contributed by atoms with Crippen LogP contribution in [-0.4, -0.2) is 33.1 Å². The third-order valence-electron chi connectivity index (χ3n) is 5.43. The van der Waals surface area contributed by atoms with Crippen molar-refractivity contribution >= 4 is 27.7 Å². The number of esters is 1. The zero-order chi connectivity index (χ0) is 21.5. The molecule has 29 heavy (non-hydrogen) atoms. The van der Waals surface area contributed by atoms with Crippen molar-refractivity contribution in [3.8, 4) is 11.5 Å². The average molecular weight is 464 g/mol. The van der Waals surface area contributed by atoms with E-state index in [1.165, 1.54) is 7.11 Å². The molecule has 156 valence electrons. The van der Waals surface area contributed by atoms with Crippen molar-refractivity contribution in [2.24, 2.45) is 5.41 Å². The Labute approximate surface area is 179 Å². The van der Waals surface area contributed by atoms with E-state index in [2.05, 4.69) is 35.1 Å². The number of methoxy groups -OCH3 is 3. The fourth-order valence-corrected chi connectivity index (χ4v) is 4.76. The van der Waals surface area contributed by atoms with Gasteiger partial charge >= 0.3 is 5.97 Å². The number of ether oxygens (including phenoxy) is 3. The number of allylic oxidation sites excluding steroid dienone is 3. The summed E-state index contributed by atoms with van der Waals surface area (Å²) < 4.78 is 17.0. The summed E-state index contributed by atoms with van der Waals surface area (Å²) in [5.41, 5.74) is 3.04. The zero-order valence-electron chi connectivity index (χ0n) is 17.6. The first-order valence-electron chi connectivity index (χ1n) is 9.37. The standard InChI is InChI=1S/C22H26BrNO5/c1-11-17(21(26)29-6)18(13-7-12(23)8-16(27-4)20(13)28-5)19-14(24-11)9-22(2,3)10-15(19)25/h7-8,18,24H,9-10H2,1-6H3/t18-/m1/s1. The highest BCUT2D eigenvalue weighted by molar-refractivity contribution is 9.10. The fourth-order valence-electron chi connectivity index (χ4n) is 4.30. The average Bonchev–Trinajstić information content (AvgIpc) is 2.64. The minimum atomic E-state index is -0.608. The van der Waals surface area contributed by atoms with Crippen molar-refractivity contribution in [3.63, 3.8) is 0 Å². The van der Waals surface area contributed by atoms with E-state index < -0.39 is 11.9 Å². The van der Waals surface area contributed by atoms with Crippen LogP contribution in [0.5, 0.6) is 11.5 Å². The summed E-state index contributed by atoms with van der Waals surface area (Å²) in [7, 11) is 4.44. The van der Waals surface area contributed by atoms with Crippen molar-refractivity contribution in [2.45, 2.75) is 39.5 Å². The predicted molar refractivity (Wildman–Crippen MR) is 113 cm³/mol. The summed E-state index contributed by atoms with van der Waals surface area (Å²) in [4.78, 5) is 26.0. The summed E-state index contributed by atoms with van der Waals surface area (Å²) in [6.45, 7) is 5.97. The maximum absolute atomic E-state index is 13.3. The highest BCUT2D eigenvalue weighted by Crippen LogP contribution is 2.50. The lowest BCUT2D eigenvalue weighted by atomic mass is 9.68. The van der Waals surface area contributed by atoms with Crippen LogP contribution in [0.1, 0.15) is 45.1 Å². The van der Waals surface area contributed by atoms with E-state index in [0.29, 0.717) is 46.7 Å². The predicted octanol–water partition coefficient (Wildman–Crippen LogP) is 4.24. The van der Waals surface area contributed by atoms with Gasteiger partial charge in [0.2, 0.25) is 0 Å². The van der Waals surface area contributed by atoms with Crippen LogP contribution < -0.4 is 14.8 Å². The molecule has 0 amide bonds. The molecule has 1 aromatic rings. The lowest BCUT2D eigenvalue weighted by Crippen LogP contribution is -2.38. The van der Waals surface area contributed by atoms with Gasteiger partial charge in [0, 0.05) is 33.4 Å². The van der Waals surface area contributed by atoms with Gasteiger partial charge < -0.3 is 19.5 Å². The fraction of sp³-hybridized carbons (Fsp3) is 0.455. The number of dihydropyridines is 1. The summed E-state index contributed by atoms with van der Waals surface area (Å²) in [6, 6.07) is 3.66. The third-order valence-corrected chi connectivity index (χ3v) is 5.89. The topological polar surface area (TPSA) is 73.9 Å². The Morgan fingerprint density at radius 2 is 1.86 bits per heavy atom. The van der Waals surface area contributed by atoms with Crippen molar-refractivity contribution in [1.29, 1.82) is 0 Å². The van der Waals surface area contributed by atoms with Gasteiger partial charge in [-0.25, -0.2) is 4.79 Å². The summed E-state index contributed by atoms with van der Waals surface area (Å²) in [5.74, 6) is -0.0678. The molecular weight excluding hydrogens is 438 g/mol. The Hall–Kier alpha value is -2.28. The molecule has 0 saturated carbocycles. The maximum atomic E-state index is 13.3. The van der Waals surface area contributed by atoms with Crippen LogP contribution in [0.2, 0.25) is 0 Å². The molecule has 0 saturated heterocycles. The van der Waals surface area contributed by atoms with Gasteiger partial charge in [-0.1, -0.05) is 29.8 Å². The van der Waals surface area contributed by atoms with Gasteiger partial charge in [0.05, 0.1) is 32.8 Å². The minimum Gasteiger partial charge on any atom is -0.493 e. The molecule has 0 aromatic heterocycles. The Bertz CT molecular complexity index is 945. The summed E-state index contributed by atoms with van der Waals surface area (Å²) in [6.07, 6.45) is 1.12. The van der Waals surface area contributed by atoms with Crippen molar-refractivity contribution in [3.05, 3.63) is 44.7 Å². The molecule has 6 nitrogen and oxygen atoms in total. The van der Waals surface area contributed by atoms with Gasteiger partial charge in [-0.15, -0.1) is 0 Å². The van der Waals surface area contributed by atoms with E-state index in [1.54, 1.807) is 20.3 Å². The van der Waals surface area contributed by atoms with Crippen LogP contribution in [0.25, 0.3) is 0 Å². The summed E-state index contributed by atoms with van der Waals surface area (Å²) >= 11 is 3.51. The molecule has 1 heterocycles. The van der Waals surface area contributed by atoms with Crippen LogP contribution in [0.4, 0.5) is 0 Å². The second-order valence-corrected chi connectivity index (χ2v) is 9.07. The van der Waals surface area contributed by atoms with Gasteiger partial charge in [-0.2, -0.15) is 0 Å². The number of rotatable bonds is 4. The number of benzene rings is 1. The van der Waals surface area contributed by atoms with Crippen LogP contribution in [-0.2, 0) is 14.3 Å². The second-order valence-electron chi connectivity index (χ2n) is 8.15. The smallest absolute Gasteiger partial charge is 0.336 e. The molecule has 1 aliphatic carbocycles. The van der Waals surface area contributed by atoms with E-state index in [0.717, 1.165) is 10.2 Å². The van der Waals surface area contributed by atoms with Gasteiger partial charge in [0.25, 0.3) is 0 Å². The van der Waals surface area contributed by atoms with Crippen molar-refractivity contribution in [1.82, 2.24) is 5.32 Å². The van der Waals surface area contributed by atoms with Gasteiger partial charge in [0.1, 0.15) is 0 Å². The molecule has 2 aliphatic rings. The zero-order valence-corrected chi connectivity index (χ0v) is 19.2. The lowest BCUT2D eigenvalue weighted by molar-refractivity contribution is -0.136. The first-order chi connectivity index (χ1) is 13.6. The number of nitrogens with one attached hydrogen (secondary N) is 1. The van der Waals surface area contributed by atoms with Crippen LogP contribution in [0, 0.1) is 5.41 Å². The van der Waals surface area contributed by atoms with E-state index in [4.69, 9.17) is 14.2 Å². The van der Waals surface area contributed by atoms with E-state index in [1.807, 2.05) is 13.0 Å². The van der Waals surface area contributed by atoms with Crippen LogP contribution in [0.15, 0.2) is 39.1 Å². The molecule has 1 atom stereocenters. The van der Waals surface area contributed by atoms with Gasteiger partial charge in [0.15, 0.2) is 17.3 Å². The van der Waals surface area contributed by atoms with Gasteiger partial charge in [-0.3, -0.25) is 4.79 Å². The summed E-state index contributed by atoms with van der Waals surface area (Å²) in [5, 5.41) is 3.30. The molecule has 1 N–H and O–H groups in total. The Morgan fingerprint density at radius 3 is 2.45 bits per heavy atom. The van der Waals surface area contributed by atoms with Crippen LogP contribution in [0.3, 0.4) is 0 Å². The first-order valence-corrected chi connectivity index (χ1v) is 10.2. The number of Topliss-reactive ketones (excluding diaryl/α,β-unsaturated/α-hetero) is 1. The minimum absolute atomic E-state index is 0.0173. The number of hydrogen-bond donors (Lipinski definition) is 1. The largest absolute Gasteiger partial charge is 0.493 e. The number of carbonyl (C=O) groups is 2. The molecule has 3 rings (SSSR count). The molecule has 0 spiro atoms. The lowest BCUT2D eigenvalue weighted by Gasteiger charge is -2.39. The monoisotopic (exact) mass is 463 g/mol. The molecule has 0 radical (unpaired) electrons. The van der Waals surface area contributed by atoms with Crippen molar-refractivity contribution < 1.29 is 23.8 Å². The molecule has 0 fully saturated rings. The van der Waals surface area contributed by atoms with Crippen molar-refractivity contribution in [2.75, 3.05) is 21.3 Å². The highest BCUT2D eigenvalue weighted by Gasteiger charge is 2.44. The normalized spacial score (nSPS) is 20.8. The van der Waals surface area contributed by atoms with Crippen LogP contribution >= 0.6 is 15.9 Å². The Kier molecular flexibility index (Phi) is 5.81. The molecule has 1 aromatic carbocycles. The quantitative estimate of drug-likeness (QED) is 0.672. The first kappa shape index (κ1) is 21.4. The maximum Gasteiger partial charge on any atom is 0.336 e. The molecule has 0 unspecified atom stereocenters. The number of ketones is 1. The SMILES string of the molecule is COC(=O)C1=C(C)NC2=C(C(=O)CC(C)(C)C2)[C@@H]1c1cc(Br)cc(OC)c1OC. The van der Waals surface area contributed by atoms with Gasteiger partial charge in [-0.05, 0) is 30.9 Å². The Morgan fingerprint density at radius 1 is 1.17 bits per heavy atom. The van der Waals surface area contributed by atoms with E-state index in [9.17, 15) is 9.59 Å². The number of halogens is 1.